The molecule has 0 bridgehead atoms. The maximum atomic E-state index is 12.1. The summed E-state index contributed by atoms with van der Waals surface area (Å²) in [5, 5.41) is 2.92. The molecule has 0 saturated heterocycles. The minimum atomic E-state index is -0.0499. The van der Waals surface area contributed by atoms with E-state index >= 15 is 0 Å². The SMILES string of the molecule is Cc1ccccc1C(=O)NCc1ccc(C#CCN)s1. The van der Waals surface area contributed by atoms with E-state index in [2.05, 4.69) is 17.2 Å². The number of carbonyl (C=O) groups is 1. The average Bonchev–Trinajstić information content (AvgIpc) is 2.91. The summed E-state index contributed by atoms with van der Waals surface area (Å²) in [6, 6.07) is 11.5. The topological polar surface area (TPSA) is 55.1 Å². The molecular weight excluding hydrogens is 268 g/mol. The Balaban J connectivity index is 1.97. The van der Waals surface area contributed by atoms with E-state index in [1.807, 2.05) is 43.3 Å². The van der Waals surface area contributed by atoms with Crippen LogP contribution in [-0.4, -0.2) is 12.5 Å². The number of rotatable bonds is 3. The Hall–Kier alpha value is -2.09. The van der Waals surface area contributed by atoms with Gasteiger partial charge in [-0.05, 0) is 30.7 Å². The highest BCUT2D eigenvalue weighted by molar-refractivity contribution is 7.12. The number of aryl methyl sites for hydroxylation is 1. The monoisotopic (exact) mass is 284 g/mol. The molecule has 0 radical (unpaired) electrons. The summed E-state index contributed by atoms with van der Waals surface area (Å²) in [5.74, 6) is 5.75. The number of nitrogens with one attached hydrogen (secondary N) is 1. The van der Waals surface area contributed by atoms with Crippen LogP contribution in [0.3, 0.4) is 0 Å². The summed E-state index contributed by atoms with van der Waals surface area (Å²) in [6.45, 7) is 2.81. The molecule has 1 aromatic heterocycles. The lowest BCUT2D eigenvalue weighted by Crippen LogP contribution is -2.23. The van der Waals surface area contributed by atoms with Gasteiger partial charge in [0, 0.05) is 10.4 Å². The molecule has 0 aliphatic carbocycles. The quantitative estimate of drug-likeness (QED) is 0.850. The van der Waals surface area contributed by atoms with Gasteiger partial charge in [-0.2, -0.15) is 0 Å². The highest BCUT2D eigenvalue weighted by Crippen LogP contribution is 2.15. The van der Waals surface area contributed by atoms with Crippen LogP contribution in [0.4, 0.5) is 0 Å². The van der Waals surface area contributed by atoms with Crippen molar-refractivity contribution in [1.82, 2.24) is 5.32 Å². The number of hydrogen-bond donors (Lipinski definition) is 2. The second-order valence-corrected chi connectivity index (χ2v) is 5.44. The second kappa shape index (κ2) is 6.90. The largest absolute Gasteiger partial charge is 0.347 e. The lowest BCUT2D eigenvalue weighted by molar-refractivity contribution is 0.0950. The minimum Gasteiger partial charge on any atom is -0.347 e. The fraction of sp³-hybridized carbons (Fsp3) is 0.188. The molecule has 1 aromatic carbocycles. The summed E-state index contributed by atoms with van der Waals surface area (Å²) < 4.78 is 0. The molecule has 0 aliphatic rings. The first kappa shape index (κ1) is 14.3. The minimum absolute atomic E-state index is 0.0499. The number of carbonyl (C=O) groups excluding carboxylic acids is 1. The van der Waals surface area contributed by atoms with E-state index in [-0.39, 0.29) is 5.91 Å². The van der Waals surface area contributed by atoms with Crippen LogP contribution in [0.2, 0.25) is 0 Å². The maximum Gasteiger partial charge on any atom is 0.251 e. The fourth-order valence-electron chi connectivity index (χ4n) is 1.77. The van der Waals surface area contributed by atoms with Crippen LogP contribution in [0.1, 0.15) is 25.7 Å². The second-order valence-electron chi connectivity index (χ2n) is 4.27. The standard InChI is InChI=1S/C16H16N2OS/c1-12-5-2-3-7-15(12)16(19)18-11-14-9-8-13(20-14)6-4-10-17/h2-3,5,7-9H,10-11,17H2,1H3,(H,18,19). The van der Waals surface area contributed by atoms with Crippen LogP contribution < -0.4 is 11.1 Å². The van der Waals surface area contributed by atoms with Gasteiger partial charge in [0.2, 0.25) is 0 Å². The Kier molecular flexibility index (Phi) is 4.94. The summed E-state index contributed by atoms with van der Waals surface area (Å²) in [7, 11) is 0. The number of thiophene rings is 1. The Labute approximate surface area is 122 Å². The summed E-state index contributed by atoms with van der Waals surface area (Å²) in [6.07, 6.45) is 0. The number of benzene rings is 1. The molecule has 0 saturated carbocycles. The third-order valence-corrected chi connectivity index (χ3v) is 3.79. The predicted octanol–water partition coefficient (Wildman–Crippen LogP) is 2.30. The Morgan fingerprint density at radius 3 is 2.85 bits per heavy atom. The van der Waals surface area contributed by atoms with Gasteiger partial charge in [0.05, 0.1) is 18.0 Å². The van der Waals surface area contributed by atoms with E-state index in [0.29, 0.717) is 18.7 Å². The van der Waals surface area contributed by atoms with Crippen LogP contribution in [0, 0.1) is 18.8 Å². The third kappa shape index (κ3) is 3.70. The smallest absolute Gasteiger partial charge is 0.251 e. The van der Waals surface area contributed by atoms with Crippen molar-refractivity contribution in [1.29, 1.82) is 0 Å². The lowest BCUT2D eigenvalue weighted by atomic mass is 10.1. The van der Waals surface area contributed by atoms with Crippen LogP contribution in [0.25, 0.3) is 0 Å². The van der Waals surface area contributed by atoms with Crippen molar-refractivity contribution in [3.8, 4) is 11.8 Å². The molecule has 3 nitrogen and oxygen atoms in total. The first-order chi connectivity index (χ1) is 9.70. The van der Waals surface area contributed by atoms with E-state index in [9.17, 15) is 4.79 Å². The highest BCUT2D eigenvalue weighted by Gasteiger charge is 2.08. The zero-order valence-corrected chi connectivity index (χ0v) is 12.1. The predicted molar refractivity (Wildman–Crippen MR) is 82.6 cm³/mol. The molecule has 2 rings (SSSR count). The maximum absolute atomic E-state index is 12.1. The molecular formula is C16H16N2OS. The number of nitrogens with two attached hydrogens (primary N) is 1. The lowest BCUT2D eigenvalue weighted by Gasteiger charge is -2.06. The van der Waals surface area contributed by atoms with Crippen LogP contribution in [0.5, 0.6) is 0 Å². The summed E-state index contributed by atoms with van der Waals surface area (Å²) in [4.78, 5) is 14.1. The molecule has 0 spiro atoms. The molecule has 102 valence electrons. The normalized spacial score (nSPS) is 9.70. The summed E-state index contributed by atoms with van der Waals surface area (Å²) in [5.41, 5.74) is 7.03. The van der Waals surface area contributed by atoms with Gasteiger partial charge in [-0.25, -0.2) is 0 Å². The fourth-order valence-corrected chi connectivity index (χ4v) is 2.59. The molecule has 1 heterocycles. The van der Waals surface area contributed by atoms with Crippen molar-refractivity contribution in [3.05, 3.63) is 57.3 Å². The van der Waals surface area contributed by atoms with Gasteiger partial charge in [0.25, 0.3) is 5.91 Å². The molecule has 0 fully saturated rings. The van der Waals surface area contributed by atoms with Crippen LogP contribution >= 0.6 is 11.3 Å². The molecule has 2 aromatic rings. The van der Waals surface area contributed by atoms with Gasteiger partial charge in [0.15, 0.2) is 0 Å². The average molecular weight is 284 g/mol. The van der Waals surface area contributed by atoms with Crippen LogP contribution in [0.15, 0.2) is 36.4 Å². The van der Waals surface area contributed by atoms with Gasteiger partial charge >= 0.3 is 0 Å². The molecule has 0 unspecified atom stereocenters. The van der Waals surface area contributed by atoms with Gasteiger partial charge in [0.1, 0.15) is 0 Å². The molecule has 0 atom stereocenters. The molecule has 4 heteroatoms. The van der Waals surface area contributed by atoms with E-state index in [0.717, 1.165) is 15.3 Å². The van der Waals surface area contributed by atoms with Gasteiger partial charge in [-0.3, -0.25) is 4.79 Å². The first-order valence-electron chi connectivity index (χ1n) is 6.32. The van der Waals surface area contributed by atoms with Crippen molar-refractivity contribution in [3.63, 3.8) is 0 Å². The Morgan fingerprint density at radius 1 is 1.30 bits per heavy atom. The van der Waals surface area contributed by atoms with E-state index < -0.39 is 0 Å². The van der Waals surface area contributed by atoms with Crippen molar-refractivity contribution >= 4 is 17.2 Å². The molecule has 3 N–H and O–H groups in total. The zero-order chi connectivity index (χ0) is 14.4. The number of hydrogen-bond acceptors (Lipinski definition) is 3. The molecule has 20 heavy (non-hydrogen) atoms. The van der Waals surface area contributed by atoms with E-state index in [1.165, 1.54) is 0 Å². The highest BCUT2D eigenvalue weighted by atomic mass is 32.1. The third-order valence-electron chi connectivity index (χ3n) is 2.79. The van der Waals surface area contributed by atoms with E-state index in [1.54, 1.807) is 11.3 Å². The van der Waals surface area contributed by atoms with E-state index in [4.69, 9.17) is 5.73 Å². The van der Waals surface area contributed by atoms with Crippen LogP contribution in [-0.2, 0) is 6.54 Å². The van der Waals surface area contributed by atoms with Crippen molar-refractivity contribution < 1.29 is 4.79 Å². The van der Waals surface area contributed by atoms with Crippen molar-refractivity contribution in [2.75, 3.05) is 6.54 Å². The summed E-state index contributed by atoms with van der Waals surface area (Å²) >= 11 is 1.57. The first-order valence-corrected chi connectivity index (χ1v) is 7.14. The Morgan fingerprint density at radius 2 is 2.10 bits per heavy atom. The van der Waals surface area contributed by atoms with Crippen molar-refractivity contribution in [2.45, 2.75) is 13.5 Å². The van der Waals surface area contributed by atoms with Crippen molar-refractivity contribution in [2.24, 2.45) is 5.73 Å². The number of amides is 1. The van der Waals surface area contributed by atoms with Gasteiger partial charge < -0.3 is 11.1 Å². The van der Waals surface area contributed by atoms with Gasteiger partial charge in [-0.15, -0.1) is 11.3 Å². The molecule has 1 amide bonds. The van der Waals surface area contributed by atoms with Gasteiger partial charge in [-0.1, -0.05) is 30.0 Å². The molecule has 0 aliphatic heterocycles. The zero-order valence-electron chi connectivity index (χ0n) is 11.3. The Bertz CT molecular complexity index is 664.